The van der Waals surface area contributed by atoms with Crippen molar-refractivity contribution in [2.75, 3.05) is 5.73 Å². The van der Waals surface area contributed by atoms with Crippen molar-refractivity contribution >= 4 is 24.2 Å². The van der Waals surface area contributed by atoms with Crippen LogP contribution < -0.4 is 5.73 Å². The number of fused-ring (bicyclic) bond motifs is 1. The lowest BCUT2D eigenvalue weighted by atomic mass is 10.0. The number of hydrogen-bond donors (Lipinski definition) is 1. The average Bonchev–Trinajstić information content (AvgIpc) is 2.55. The van der Waals surface area contributed by atoms with Crippen LogP contribution >= 0.6 is 0 Å². The number of imide groups is 1. The third-order valence-corrected chi connectivity index (χ3v) is 2.87. The Morgan fingerprint density at radius 1 is 1.35 bits per heavy atom. The topological polar surface area (TPSA) is 76.1 Å². The quantitative estimate of drug-likeness (QED) is 0.623. The zero-order valence-electron chi connectivity index (χ0n) is 9.69. The molecule has 0 saturated carbocycles. The fraction of sp³-hybridized carbons (Fsp3) is 0.333. The average molecular weight is 232 g/mol. The third-order valence-electron chi connectivity index (χ3n) is 2.87. The van der Waals surface area contributed by atoms with Crippen LogP contribution in [0.25, 0.3) is 0 Å². The van der Waals surface area contributed by atoms with E-state index in [2.05, 4.69) is 18.6 Å². The van der Waals surface area contributed by atoms with Crippen LogP contribution in [0.15, 0.2) is 6.20 Å². The van der Waals surface area contributed by atoms with Crippen LogP contribution in [0.3, 0.4) is 0 Å². The molecule has 2 rings (SSSR count). The highest BCUT2D eigenvalue weighted by Crippen LogP contribution is 2.27. The van der Waals surface area contributed by atoms with Gasteiger partial charge in [0.25, 0.3) is 0 Å². The van der Waals surface area contributed by atoms with Crippen molar-refractivity contribution in [3.05, 3.63) is 23.0 Å². The minimum Gasteiger partial charge on any atom is -0.397 e. The molecule has 1 aliphatic rings. The molecule has 5 nitrogen and oxygen atoms in total. The predicted molar refractivity (Wildman–Crippen MR) is 63.3 cm³/mol. The van der Waals surface area contributed by atoms with Crippen LogP contribution in [0.2, 0.25) is 0 Å². The highest BCUT2D eigenvalue weighted by atomic mass is 16.2. The number of nitrogen functional groups attached to an aromatic ring is 1. The third kappa shape index (κ3) is 1.63. The molecule has 17 heavy (non-hydrogen) atoms. The number of nitrogens with two attached hydrogens (primary N) is 1. The van der Waals surface area contributed by atoms with Gasteiger partial charge in [0.05, 0.1) is 17.6 Å². The number of amides is 2. The van der Waals surface area contributed by atoms with E-state index in [1.165, 1.54) is 6.20 Å². The minimum atomic E-state index is -0.442. The molecule has 0 saturated heterocycles. The maximum atomic E-state index is 11.9. The molecule has 0 unspecified atom stereocenters. The van der Waals surface area contributed by atoms with E-state index >= 15 is 0 Å². The van der Waals surface area contributed by atoms with Crippen molar-refractivity contribution in [2.45, 2.75) is 26.2 Å². The molecule has 0 spiro atoms. The van der Waals surface area contributed by atoms with E-state index in [1.807, 2.05) is 0 Å². The molecule has 0 bridgehead atoms. The summed E-state index contributed by atoms with van der Waals surface area (Å²) in [6, 6.07) is 0. The molecule has 1 aromatic rings. The molecule has 0 fully saturated rings. The smallest absolute Gasteiger partial charge is 0.397 e. The standard InChI is InChI=1S/C12H13N3O2/c1-3-4-5-8-10-9(7(13)6-14-8)11(16)15(2)12(10)17/h6H,2-5H2,1H3,(H-,13,16)/p+1. The van der Waals surface area contributed by atoms with Gasteiger partial charge in [-0.1, -0.05) is 17.9 Å². The Bertz CT molecular complexity index is 535. The number of nitrogens with zero attached hydrogens (tertiary/aromatic N) is 2. The zero-order chi connectivity index (χ0) is 12.6. The molecule has 88 valence electrons. The number of carbonyl (C=O) groups excluding carboxylic acids is 2. The molecule has 5 heteroatoms. The van der Waals surface area contributed by atoms with Gasteiger partial charge in [-0.3, -0.25) is 4.98 Å². The summed E-state index contributed by atoms with van der Waals surface area (Å²) in [7, 11) is 0. The molecular weight excluding hydrogens is 218 g/mol. The summed E-state index contributed by atoms with van der Waals surface area (Å²) in [5, 5.41) is 0. The summed E-state index contributed by atoms with van der Waals surface area (Å²) in [5.41, 5.74) is 7.16. The molecule has 0 aliphatic carbocycles. The number of rotatable bonds is 3. The highest BCUT2D eigenvalue weighted by Gasteiger charge is 2.44. The second-order valence-corrected chi connectivity index (χ2v) is 4.05. The molecule has 2 N–H and O–H groups in total. The molecule has 2 amide bonds. The Balaban J connectivity index is 2.58. The Kier molecular flexibility index (Phi) is 2.75. The molecule has 0 aromatic carbocycles. The SMILES string of the molecule is C=[N+]1C(=O)c2c(N)cnc(CCCC)c2C1=O. The summed E-state index contributed by atoms with van der Waals surface area (Å²) < 4.78 is 0.845. The van der Waals surface area contributed by atoms with Gasteiger partial charge in [0.15, 0.2) is 0 Å². The first-order valence-electron chi connectivity index (χ1n) is 5.54. The van der Waals surface area contributed by atoms with E-state index < -0.39 is 11.8 Å². The summed E-state index contributed by atoms with van der Waals surface area (Å²) >= 11 is 0. The number of hydrogen-bond acceptors (Lipinski definition) is 4. The van der Waals surface area contributed by atoms with Crippen molar-refractivity contribution in [2.24, 2.45) is 0 Å². The second kappa shape index (κ2) is 4.08. The van der Waals surface area contributed by atoms with Gasteiger partial charge in [-0.05, 0) is 12.8 Å². The molecular formula is C12H14N3O2+. The lowest BCUT2D eigenvalue weighted by Gasteiger charge is -2.03. The summed E-state index contributed by atoms with van der Waals surface area (Å²) in [5.74, 6) is -0.849. The lowest BCUT2D eigenvalue weighted by Crippen LogP contribution is -2.16. The largest absolute Gasteiger partial charge is 0.430 e. The van der Waals surface area contributed by atoms with Crippen LogP contribution in [0, 0.1) is 0 Å². The predicted octanol–water partition coefficient (Wildman–Crippen LogP) is 1.01. The molecule has 1 aliphatic heterocycles. The number of pyridine rings is 1. The Morgan fingerprint density at radius 2 is 2.00 bits per heavy atom. The van der Waals surface area contributed by atoms with Crippen molar-refractivity contribution in [1.82, 2.24) is 4.98 Å². The molecule has 2 heterocycles. The monoisotopic (exact) mass is 232 g/mol. The second-order valence-electron chi connectivity index (χ2n) is 4.05. The van der Waals surface area contributed by atoms with Gasteiger partial charge in [-0.15, -0.1) is 0 Å². The zero-order valence-corrected chi connectivity index (χ0v) is 9.69. The number of anilines is 1. The van der Waals surface area contributed by atoms with Crippen LogP contribution in [0.1, 0.15) is 46.2 Å². The summed E-state index contributed by atoms with van der Waals surface area (Å²) in [6.45, 7) is 5.48. The van der Waals surface area contributed by atoms with Crippen LogP contribution in [0.4, 0.5) is 5.69 Å². The molecule has 0 radical (unpaired) electrons. The lowest BCUT2D eigenvalue weighted by molar-refractivity contribution is -0.313. The normalized spacial score (nSPS) is 14.3. The number of aryl methyl sites for hydroxylation is 1. The Labute approximate surface area is 99.0 Å². The van der Waals surface area contributed by atoms with Gasteiger partial charge in [0.2, 0.25) is 0 Å². The molecule has 0 atom stereocenters. The van der Waals surface area contributed by atoms with Crippen LogP contribution in [0.5, 0.6) is 0 Å². The van der Waals surface area contributed by atoms with E-state index in [0.717, 1.165) is 17.4 Å². The van der Waals surface area contributed by atoms with Crippen molar-refractivity contribution in [3.8, 4) is 0 Å². The van der Waals surface area contributed by atoms with Crippen molar-refractivity contribution in [3.63, 3.8) is 0 Å². The van der Waals surface area contributed by atoms with E-state index in [1.54, 1.807) is 0 Å². The maximum Gasteiger partial charge on any atom is 0.430 e. The van der Waals surface area contributed by atoms with Gasteiger partial charge in [0, 0.05) is 0 Å². The van der Waals surface area contributed by atoms with Gasteiger partial charge in [0.1, 0.15) is 17.8 Å². The summed E-state index contributed by atoms with van der Waals surface area (Å²) in [6.07, 6.45) is 4.03. The van der Waals surface area contributed by atoms with Gasteiger partial charge in [-0.25, -0.2) is 9.59 Å². The van der Waals surface area contributed by atoms with Crippen LogP contribution in [-0.2, 0) is 6.42 Å². The fourth-order valence-corrected chi connectivity index (χ4v) is 1.92. The number of unbranched alkanes of at least 4 members (excludes halogenated alkanes) is 1. The van der Waals surface area contributed by atoms with Crippen molar-refractivity contribution in [1.29, 1.82) is 0 Å². The van der Waals surface area contributed by atoms with E-state index in [-0.39, 0.29) is 11.3 Å². The first kappa shape index (κ1) is 11.4. The van der Waals surface area contributed by atoms with E-state index in [9.17, 15) is 9.59 Å². The van der Waals surface area contributed by atoms with Crippen molar-refractivity contribution < 1.29 is 14.2 Å². The Morgan fingerprint density at radius 3 is 2.65 bits per heavy atom. The fourth-order valence-electron chi connectivity index (χ4n) is 1.92. The number of carbonyl (C=O) groups is 2. The minimum absolute atomic E-state index is 0.241. The van der Waals surface area contributed by atoms with Gasteiger partial charge in [-0.2, -0.15) is 0 Å². The first-order chi connectivity index (χ1) is 8.07. The van der Waals surface area contributed by atoms with Crippen LogP contribution in [-0.4, -0.2) is 28.1 Å². The highest BCUT2D eigenvalue weighted by molar-refractivity contribution is 6.16. The van der Waals surface area contributed by atoms with Gasteiger partial charge < -0.3 is 5.73 Å². The summed E-state index contributed by atoms with van der Waals surface area (Å²) in [4.78, 5) is 27.8. The van der Waals surface area contributed by atoms with E-state index in [4.69, 9.17) is 5.73 Å². The molecule has 1 aromatic heterocycles. The maximum absolute atomic E-state index is 11.9. The van der Waals surface area contributed by atoms with E-state index in [0.29, 0.717) is 17.7 Å². The first-order valence-corrected chi connectivity index (χ1v) is 5.54. The Hall–Kier alpha value is -2.04. The number of aromatic nitrogens is 1. The van der Waals surface area contributed by atoms with Gasteiger partial charge >= 0.3 is 11.8 Å².